The number of nitrogens with zero attached hydrogens (tertiary/aromatic N) is 5. The van der Waals surface area contributed by atoms with E-state index < -0.39 is 0 Å². The van der Waals surface area contributed by atoms with Crippen molar-refractivity contribution in [1.29, 1.82) is 0 Å². The molecule has 1 aliphatic rings. The number of hydrogen-bond acceptors (Lipinski definition) is 6. The number of imidazole rings is 1. The molecule has 1 fully saturated rings. The van der Waals surface area contributed by atoms with E-state index in [9.17, 15) is 18.8 Å². The topological polar surface area (TPSA) is 102 Å². The number of rotatable bonds is 7. The maximum Gasteiger partial charge on any atom is 0.329 e. The second-order valence-corrected chi connectivity index (χ2v) is 8.60. The summed E-state index contributed by atoms with van der Waals surface area (Å²) in [5, 5.41) is 2.70. The Labute approximate surface area is 201 Å². The van der Waals surface area contributed by atoms with Gasteiger partial charge in [-0.3, -0.25) is 23.6 Å². The van der Waals surface area contributed by atoms with Crippen LogP contribution in [-0.2, 0) is 30.2 Å². The van der Waals surface area contributed by atoms with Crippen LogP contribution in [0.3, 0.4) is 0 Å². The summed E-state index contributed by atoms with van der Waals surface area (Å²) >= 11 is 0. The Morgan fingerprint density at radius 2 is 1.80 bits per heavy atom. The van der Waals surface area contributed by atoms with Gasteiger partial charge < -0.3 is 15.0 Å². The number of piperazine rings is 1. The number of benzene rings is 1. The van der Waals surface area contributed by atoms with Gasteiger partial charge in [0.25, 0.3) is 0 Å². The van der Waals surface area contributed by atoms with Crippen LogP contribution >= 0.6 is 0 Å². The number of aryl methyl sites for hydroxylation is 2. The lowest BCUT2D eigenvalue weighted by Gasteiger charge is -2.35. The Bertz CT molecular complexity index is 1310. The van der Waals surface area contributed by atoms with Crippen molar-refractivity contribution in [2.24, 2.45) is 14.1 Å². The lowest BCUT2D eigenvalue weighted by molar-refractivity contribution is -0.134. The molecule has 10 nitrogen and oxygen atoms in total. The van der Waals surface area contributed by atoms with E-state index in [1.54, 1.807) is 44.3 Å². The van der Waals surface area contributed by atoms with Crippen LogP contribution in [0.4, 0.5) is 10.2 Å². The van der Waals surface area contributed by atoms with Crippen molar-refractivity contribution in [3.63, 3.8) is 0 Å². The van der Waals surface area contributed by atoms with E-state index in [-0.39, 0.29) is 36.2 Å². The molecule has 1 saturated heterocycles. The largest absolute Gasteiger partial charge is 0.496 e. The Hall–Kier alpha value is -3.73. The average molecular weight is 485 g/mol. The minimum Gasteiger partial charge on any atom is -0.496 e. The molecule has 1 aliphatic heterocycles. The van der Waals surface area contributed by atoms with Crippen LogP contribution in [0.25, 0.3) is 11.2 Å². The van der Waals surface area contributed by atoms with Gasteiger partial charge in [-0.1, -0.05) is 0 Å². The minimum atomic E-state index is -0.317. The molecule has 11 heteroatoms. The predicted molar refractivity (Wildman–Crippen MR) is 129 cm³/mol. The van der Waals surface area contributed by atoms with E-state index in [2.05, 4.69) is 15.2 Å². The summed E-state index contributed by atoms with van der Waals surface area (Å²) in [6.07, 6.45) is 0.128. The standard InChI is InChI=1S/C24H29FN6O4/c1-28-18-5-7-20(27-23(18)29(2)24(28)34)26-21(32)8-9-22(33)31-12-10-30(11-13-31)15-16-14-17(25)4-6-19(16)35-3/h4-7,14H,8-13,15H2,1-3H3,(H,26,27,32). The number of pyridine rings is 1. The number of ether oxygens (including phenoxy) is 1. The molecule has 0 aliphatic carbocycles. The van der Waals surface area contributed by atoms with Gasteiger partial charge >= 0.3 is 5.69 Å². The maximum atomic E-state index is 13.6. The van der Waals surface area contributed by atoms with Gasteiger partial charge in [-0.2, -0.15) is 0 Å². The second-order valence-electron chi connectivity index (χ2n) is 8.60. The molecule has 0 spiro atoms. The number of aromatic nitrogens is 3. The third-order valence-corrected chi connectivity index (χ3v) is 6.30. The highest BCUT2D eigenvalue weighted by atomic mass is 19.1. The summed E-state index contributed by atoms with van der Waals surface area (Å²) in [7, 11) is 4.84. The number of hydrogen-bond donors (Lipinski definition) is 1. The third kappa shape index (κ3) is 5.35. The first kappa shape index (κ1) is 24.4. The van der Waals surface area contributed by atoms with E-state index in [0.29, 0.717) is 55.5 Å². The van der Waals surface area contributed by atoms with E-state index >= 15 is 0 Å². The first-order chi connectivity index (χ1) is 16.8. The van der Waals surface area contributed by atoms with Crippen molar-refractivity contribution in [1.82, 2.24) is 23.9 Å². The zero-order valence-electron chi connectivity index (χ0n) is 20.1. The van der Waals surface area contributed by atoms with Crippen molar-refractivity contribution in [2.75, 3.05) is 38.6 Å². The van der Waals surface area contributed by atoms with Gasteiger partial charge in [0.15, 0.2) is 5.65 Å². The molecule has 0 unspecified atom stereocenters. The van der Waals surface area contributed by atoms with Gasteiger partial charge in [0.2, 0.25) is 11.8 Å². The number of fused-ring (bicyclic) bond motifs is 1. The van der Waals surface area contributed by atoms with Gasteiger partial charge in [0.05, 0.1) is 12.6 Å². The fourth-order valence-corrected chi connectivity index (χ4v) is 4.29. The zero-order chi connectivity index (χ0) is 25.1. The molecule has 0 atom stereocenters. The van der Waals surface area contributed by atoms with Crippen LogP contribution in [0, 0.1) is 5.82 Å². The third-order valence-electron chi connectivity index (χ3n) is 6.30. The fourth-order valence-electron chi connectivity index (χ4n) is 4.29. The van der Waals surface area contributed by atoms with E-state index in [4.69, 9.17) is 4.74 Å². The molecular weight excluding hydrogens is 455 g/mol. The van der Waals surface area contributed by atoms with Crippen LogP contribution in [-0.4, -0.2) is 69.0 Å². The van der Waals surface area contributed by atoms with Crippen molar-refractivity contribution in [3.8, 4) is 5.75 Å². The average Bonchev–Trinajstić information content (AvgIpc) is 3.06. The molecule has 3 aromatic rings. The second kappa shape index (κ2) is 10.3. The minimum absolute atomic E-state index is 0.0347. The van der Waals surface area contributed by atoms with Crippen molar-refractivity contribution in [2.45, 2.75) is 19.4 Å². The molecule has 1 aromatic carbocycles. The number of anilines is 1. The number of methoxy groups -OCH3 is 1. The van der Waals surface area contributed by atoms with Crippen LogP contribution in [0.1, 0.15) is 18.4 Å². The number of carbonyl (C=O) groups is 2. The lowest BCUT2D eigenvalue weighted by Crippen LogP contribution is -2.48. The first-order valence-electron chi connectivity index (χ1n) is 11.4. The van der Waals surface area contributed by atoms with E-state index in [1.165, 1.54) is 21.3 Å². The van der Waals surface area contributed by atoms with Gasteiger partial charge in [-0.15, -0.1) is 0 Å². The summed E-state index contributed by atoms with van der Waals surface area (Å²) < 4.78 is 21.8. The summed E-state index contributed by atoms with van der Waals surface area (Å²) in [5.74, 6) is 0.257. The quantitative estimate of drug-likeness (QED) is 0.545. The molecule has 0 saturated carbocycles. The van der Waals surface area contributed by atoms with Crippen molar-refractivity contribution >= 4 is 28.8 Å². The highest BCUT2D eigenvalue weighted by molar-refractivity contribution is 5.93. The highest BCUT2D eigenvalue weighted by Gasteiger charge is 2.22. The summed E-state index contributed by atoms with van der Waals surface area (Å²) in [5.41, 5.74) is 1.71. The Kier molecular flexibility index (Phi) is 7.15. The molecule has 35 heavy (non-hydrogen) atoms. The molecule has 1 N–H and O–H groups in total. The summed E-state index contributed by atoms with van der Waals surface area (Å²) in [6.45, 7) is 2.92. The lowest BCUT2D eigenvalue weighted by atomic mass is 10.1. The monoisotopic (exact) mass is 484 g/mol. The van der Waals surface area contributed by atoms with E-state index in [1.807, 2.05) is 0 Å². The molecule has 0 radical (unpaired) electrons. The van der Waals surface area contributed by atoms with Crippen molar-refractivity contribution < 1.29 is 18.7 Å². The summed E-state index contributed by atoms with van der Waals surface area (Å²) in [4.78, 5) is 45.3. The predicted octanol–water partition coefficient (Wildman–Crippen LogP) is 1.48. The normalized spacial score (nSPS) is 14.3. The van der Waals surface area contributed by atoms with Gasteiger partial charge in [-0.25, -0.2) is 14.2 Å². The number of halogens is 1. The molecular formula is C24H29FN6O4. The Morgan fingerprint density at radius 3 is 2.51 bits per heavy atom. The SMILES string of the molecule is COc1ccc(F)cc1CN1CCN(C(=O)CCC(=O)Nc2ccc3c(n2)n(C)c(=O)n3C)CC1. The molecule has 4 rings (SSSR count). The molecule has 186 valence electrons. The van der Waals surface area contributed by atoms with Crippen molar-refractivity contribution in [3.05, 3.63) is 52.2 Å². The number of nitrogens with one attached hydrogen (secondary N) is 1. The van der Waals surface area contributed by atoms with Crippen LogP contribution in [0.15, 0.2) is 35.1 Å². The van der Waals surface area contributed by atoms with Gasteiger partial charge in [0.1, 0.15) is 17.4 Å². The Balaban J connectivity index is 1.25. The zero-order valence-corrected chi connectivity index (χ0v) is 20.1. The van der Waals surface area contributed by atoms with Crippen LogP contribution in [0.5, 0.6) is 5.75 Å². The Morgan fingerprint density at radius 1 is 1.06 bits per heavy atom. The number of carbonyl (C=O) groups excluding carboxylic acids is 2. The molecule has 0 bridgehead atoms. The highest BCUT2D eigenvalue weighted by Crippen LogP contribution is 2.22. The first-order valence-corrected chi connectivity index (χ1v) is 11.4. The van der Waals surface area contributed by atoms with Gasteiger partial charge in [-0.05, 0) is 30.3 Å². The van der Waals surface area contributed by atoms with Crippen LogP contribution < -0.4 is 15.7 Å². The smallest absolute Gasteiger partial charge is 0.329 e. The summed E-state index contributed by atoms with van der Waals surface area (Å²) in [6, 6.07) is 7.81. The fraction of sp³-hybridized carbons (Fsp3) is 0.417. The molecule has 3 heterocycles. The van der Waals surface area contributed by atoms with E-state index in [0.717, 1.165) is 5.56 Å². The number of amides is 2. The maximum absolute atomic E-state index is 13.6. The molecule has 2 aromatic heterocycles. The molecule has 2 amide bonds. The van der Waals surface area contributed by atoms with Gasteiger partial charge in [0, 0.05) is 65.2 Å². The van der Waals surface area contributed by atoms with Crippen LogP contribution in [0.2, 0.25) is 0 Å².